The largest absolute Gasteiger partial charge is 1.00 e. The molecule has 0 amide bonds. The van der Waals surface area contributed by atoms with Crippen molar-refractivity contribution in [1.82, 2.24) is 0 Å². The molecule has 6 heteroatoms. The number of nitrogens with one attached hydrogen (secondary N) is 2. The number of aliphatic hydroxyl groups is 1. The van der Waals surface area contributed by atoms with Gasteiger partial charge in [0.25, 0.3) is 0 Å². The van der Waals surface area contributed by atoms with E-state index >= 15 is 0 Å². The second kappa shape index (κ2) is 17.3. The van der Waals surface area contributed by atoms with Gasteiger partial charge in [0.15, 0.2) is 0 Å². The zero-order valence-electron chi connectivity index (χ0n) is 18.4. The first kappa shape index (κ1) is 28.6. The minimum atomic E-state index is -0.329. The smallest absolute Gasteiger partial charge is 0.132 e. The van der Waals surface area contributed by atoms with Gasteiger partial charge in [0, 0.05) is 12.7 Å². The van der Waals surface area contributed by atoms with E-state index < -0.39 is 0 Å². The lowest BCUT2D eigenvalue weighted by Gasteiger charge is -2.30. The van der Waals surface area contributed by atoms with Gasteiger partial charge >= 0.3 is 0 Å². The molecule has 1 saturated heterocycles. The fraction of sp³-hybridized carbons (Fsp3) is 0.739. The first-order chi connectivity index (χ1) is 13.2. The van der Waals surface area contributed by atoms with Crippen LogP contribution in [0.1, 0.15) is 57.4 Å². The minimum Gasteiger partial charge on any atom is -1.00 e. The molecule has 3 N–H and O–H groups in total. The van der Waals surface area contributed by atoms with E-state index in [0.29, 0.717) is 6.61 Å². The maximum atomic E-state index is 10.3. The molecule has 0 bridgehead atoms. The zero-order valence-corrected chi connectivity index (χ0v) is 19.9. The molecule has 170 valence electrons. The molecule has 1 aromatic carbocycles. The van der Waals surface area contributed by atoms with Crippen LogP contribution in [-0.4, -0.2) is 57.1 Å². The lowest BCUT2D eigenvalue weighted by Crippen LogP contribution is -3.26. The summed E-state index contributed by atoms with van der Waals surface area (Å²) in [5.74, 6) is 0. The van der Waals surface area contributed by atoms with Crippen molar-refractivity contribution in [2.24, 2.45) is 0 Å². The zero-order chi connectivity index (χ0) is 19.3. The lowest BCUT2D eigenvalue weighted by molar-refractivity contribution is -0.988. The van der Waals surface area contributed by atoms with Crippen molar-refractivity contribution in [3.63, 3.8) is 0 Å². The summed E-state index contributed by atoms with van der Waals surface area (Å²) >= 11 is 0. The third-order valence-corrected chi connectivity index (χ3v) is 5.71. The number of aliphatic hydroxyl groups excluding tert-OH is 1. The van der Waals surface area contributed by atoms with Crippen molar-refractivity contribution in [2.75, 3.05) is 45.9 Å². The van der Waals surface area contributed by atoms with Crippen molar-refractivity contribution in [1.29, 1.82) is 0 Å². The molecule has 4 nitrogen and oxygen atoms in total. The van der Waals surface area contributed by atoms with Crippen LogP contribution in [0.3, 0.4) is 0 Å². The number of unbranched alkanes of at least 4 members (excludes halogenated alkanes) is 6. The number of halogens is 2. The Morgan fingerprint density at radius 2 is 1.62 bits per heavy atom. The van der Waals surface area contributed by atoms with Crippen LogP contribution in [0.15, 0.2) is 24.3 Å². The van der Waals surface area contributed by atoms with Gasteiger partial charge in [-0.25, -0.2) is 0 Å². The van der Waals surface area contributed by atoms with Crippen molar-refractivity contribution in [2.45, 2.75) is 64.9 Å². The molecule has 1 atom stereocenters. The molecule has 0 saturated carbocycles. The number of ether oxygens (including phenoxy) is 1. The van der Waals surface area contributed by atoms with Crippen molar-refractivity contribution in [3.8, 4) is 0 Å². The number of quaternary nitrogens is 2. The van der Waals surface area contributed by atoms with Crippen LogP contribution in [0.5, 0.6) is 0 Å². The fourth-order valence-corrected chi connectivity index (χ4v) is 4.04. The van der Waals surface area contributed by atoms with Gasteiger partial charge in [-0.05, 0) is 25.0 Å². The van der Waals surface area contributed by atoms with Gasteiger partial charge in [0.2, 0.25) is 0 Å². The summed E-state index contributed by atoms with van der Waals surface area (Å²) in [6.07, 6.45) is 8.79. The molecule has 1 aliphatic rings. The topological polar surface area (TPSA) is 38.3 Å². The SMILES string of the molecule is CCCCCCCCCOCC(O)C[NH+]1CC[NH+](c2cccc(C)c2)CC1.[Cl-].[Cl-]. The molecular formula is C23H42Cl2N2O2. The van der Waals surface area contributed by atoms with E-state index in [1.807, 2.05) is 0 Å². The van der Waals surface area contributed by atoms with E-state index in [1.165, 1.54) is 54.7 Å². The van der Waals surface area contributed by atoms with Gasteiger partial charge in [0.05, 0.1) is 6.61 Å². The summed E-state index contributed by atoms with van der Waals surface area (Å²) < 4.78 is 5.70. The number of hydrogen-bond acceptors (Lipinski definition) is 2. The Bertz CT molecular complexity index is 511. The van der Waals surface area contributed by atoms with Gasteiger partial charge in [-0.3, -0.25) is 4.90 Å². The standard InChI is InChI=1S/C23H40N2O2.2ClH/c1-3-4-5-6-7-8-9-17-27-20-23(26)19-24-13-15-25(16-14-24)22-12-10-11-21(2)18-22;;/h10-12,18,23,26H,3-9,13-17,19-20H2,1-2H3;2*1H. The van der Waals surface area contributed by atoms with Crippen molar-refractivity contribution < 1.29 is 44.5 Å². The second-order valence-corrected chi connectivity index (χ2v) is 8.28. The molecule has 1 aliphatic heterocycles. The van der Waals surface area contributed by atoms with Crippen LogP contribution in [0.25, 0.3) is 0 Å². The average Bonchev–Trinajstić information content (AvgIpc) is 2.67. The number of aryl methyl sites for hydroxylation is 1. The molecule has 1 heterocycles. The highest BCUT2D eigenvalue weighted by Crippen LogP contribution is 2.07. The van der Waals surface area contributed by atoms with Crippen LogP contribution in [0, 0.1) is 6.92 Å². The Labute approximate surface area is 190 Å². The Balaban J connectivity index is 0.00000392. The normalized spacial score (nSPS) is 19.8. The quantitative estimate of drug-likeness (QED) is 0.266. The van der Waals surface area contributed by atoms with Gasteiger partial charge in [0.1, 0.15) is 44.5 Å². The summed E-state index contributed by atoms with van der Waals surface area (Å²) in [5.41, 5.74) is 2.75. The highest BCUT2D eigenvalue weighted by molar-refractivity contribution is 5.33. The molecule has 1 fully saturated rings. The van der Waals surface area contributed by atoms with Crippen LogP contribution in [0.2, 0.25) is 0 Å². The maximum Gasteiger partial charge on any atom is 0.132 e. The van der Waals surface area contributed by atoms with E-state index in [1.54, 1.807) is 4.90 Å². The maximum absolute atomic E-state index is 10.3. The van der Waals surface area contributed by atoms with Crippen LogP contribution in [-0.2, 0) is 4.74 Å². The third kappa shape index (κ3) is 12.2. The number of rotatable bonds is 13. The van der Waals surface area contributed by atoms with Gasteiger partial charge < -0.3 is 39.6 Å². The van der Waals surface area contributed by atoms with Crippen molar-refractivity contribution in [3.05, 3.63) is 29.8 Å². The van der Waals surface area contributed by atoms with E-state index in [9.17, 15) is 5.11 Å². The Hall–Kier alpha value is -0.360. The highest BCUT2D eigenvalue weighted by atomic mass is 35.5. The molecule has 2 rings (SSSR count). The molecule has 29 heavy (non-hydrogen) atoms. The molecule has 0 aliphatic carbocycles. The minimum absolute atomic E-state index is 0. The van der Waals surface area contributed by atoms with E-state index in [4.69, 9.17) is 4.74 Å². The predicted molar refractivity (Wildman–Crippen MR) is 112 cm³/mol. The molecule has 0 spiro atoms. The third-order valence-electron chi connectivity index (χ3n) is 5.71. The van der Waals surface area contributed by atoms with E-state index in [0.717, 1.165) is 45.8 Å². The molecule has 0 radical (unpaired) electrons. The van der Waals surface area contributed by atoms with E-state index in [-0.39, 0.29) is 30.9 Å². The fourth-order valence-electron chi connectivity index (χ4n) is 4.04. The second-order valence-electron chi connectivity index (χ2n) is 8.28. The summed E-state index contributed by atoms with van der Waals surface area (Å²) in [4.78, 5) is 3.09. The molecule has 1 aromatic rings. The highest BCUT2D eigenvalue weighted by Gasteiger charge is 2.26. The monoisotopic (exact) mass is 448 g/mol. The summed E-state index contributed by atoms with van der Waals surface area (Å²) in [6.45, 7) is 11.1. The molecule has 0 aromatic heterocycles. The Morgan fingerprint density at radius 1 is 0.966 bits per heavy atom. The summed E-state index contributed by atoms with van der Waals surface area (Å²) in [6, 6.07) is 8.85. The summed E-state index contributed by atoms with van der Waals surface area (Å²) in [7, 11) is 0. The Kier molecular flexibility index (Phi) is 17.1. The van der Waals surface area contributed by atoms with Gasteiger partial charge in [-0.15, -0.1) is 0 Å². The van der Waals surface area contributed by atoms with Crippen molar-refractivity contribution >= 4 is 5.69 Å². The lowest BCUT2D eigenvalue weighted by atomic mass is 10.1. The number of piperazine rings is 1. The molecule has 1 unspecified atom stereocenters. The first-order valence-corrected chi connectivity index (χ1v) is 11.2. The average molecular weight is 450 g/mol. The predicted octanol–water partition coefficient (Wildman–Crippen LogP) is -4.45. The molecular weight excluding hydrogens is 407 g/mol. The van der Waals surface area contributed by atoms with Crippen LogP contribution >= 0.6 is 0 Å². The van der Waals surface area contributed by atoms with E-state index in [2.05, 4.69) is 38.1 Å². The van der Waals surface area contributed by atoms with Gasteiger partial charge in [-0.1, -0.05) is 57.6 Å². The Morgan fingerprint density at radius 3 is 2.28 bits per heavy atom. The van der Waals surface area contributed by atoms with Crippen LogP contribution < -0.4 is 34.6 Å². The number of benzene rings is 1. The number of hydrogen-bond donors (Lipinski definition) is 3. The van der Waals surface area contributed by atoms with Gasteiger partial charge in [-0.2, -0.15) is 0 Å². The summed E-state index contributed by atoms with van der Waals surface area (Å²) in [5, 5.41) is 10.3. The first-order valence-electron chi connectivity index (χ1n) is 11.2. The van der Waals surface area contributed by atoms with Crippen LogP contribution in [0.4, 0.5) is 5.69 Å².